The highest BCUT2D eigenvalue weighted by atomic mass is 15.3. The van der Waals surface area contributed by atoms with Crippen LogP contribution in [-0.4, -0.2) is 9.78 Å². The summed E-state index contributed by atoms with van der Waals surface area (Å²) in [4.78, 5) is 0. The smallest absolute Gasteiger partial charge is 0.0688 e. The van der Waals surface area contributed by atoms with Gasteiger partial charge in [-0.2, -0.15) is 5.10 Å². The van der Waals surface area contributed by atoms with E-state index >= 15 is 0 Å². The molecule has 0 radical (unpaired) electrons. The molecule has 4 aromatic rings. The Hall–Kier alpha value is -2.87. The molecule has 0 aliphatic heterocycles. The summed E-state index contributed by atoms with van der Waals surface area (Å²) < 4.78 is 2.06. The molecule has 0 fully saturated rings. The molecule has 1 heterocycles. The molecular formula is C31H44N2. The number of aromatic nitrogens is 2. The summed E-state index contributed by atoms with van der Waals surface area (Å²) in [5.41, 5.74) is 5.50. The lowest BCUT2D eigenvalue weighted by atomic mass is 9.82. The number of hydrogen-bond donors (Lipinski definition) is 0. The lowest BCUT2D eigenvalue weighted by Gasteiger charge is -2.23. The first-order valence-electron chi connectivity index (χ1n) is 12.3. The highest BCUT2D eigenvalue weighted by Gasteiger charge is 2.18. The summed E-state index contributed by atoms with van der Waals surface area (Å²) in [6.07, 6.45) is 1.92. The van der Waals surface area contributed by atoms with Crippen LogP contribution in [0.3, 0.4) is 0 Å². The van der Waals surface area contributed by atoms with Crippen molar-refractivity contribution in [1.29, 1.82) is 0 Å². The van der Waals surface area contributed by atoms with Crippen LogP contribution in [0.25, 0.3) is 22.0 Å². The van der Waals surface area contributed by atoms with Crippen molar-refractivity contribution in [3.8, 4) is 11.1 Å². The van der Waals surface area contributed by atoms with Crippen molar-refractivity contribution in [2.45, 2.75) is 80.2 Å². The number of nitrogens with zero attached hydrogens (tertiary/aromatic N) is 2. The predicted octanol–water partition coefficient (Wildman–Crippen LogP) is 9.49. The molecule has 0 spiro atoms. The normalized spacial score (nSPS) is 10.7. The topological polar surface area (TPSA) is 17.8 Å². The number of fused-ring (bicyclic) bond motifs is 1. The third kappa shape index (κ3) is 7.89. The summed E-state index contributed by atoms with van der Waals surface area (Å²) >= 11 is 0. The van der Waals surface area contributed by atoms with Crippen molar-refractivity contribution in [1.82, 2.24) is 9.78 Å². The Labute approximate surface area is 202 Å². The molecule has 0 aliphatic rings. The first-order valence-corrected chi connectivity index (χ1v) is 12.3. The summed E-state index contributed by atoms with van der Waals surface area (Å²) in [5, 5.41) is 5.59. The zero-order valence-electron chi connectivity index (χ0n) is 22.5. The standard InChI is InChI=1S/C16H18.C11H14N2.2C2H6/c1-16(2,3)15-12-8-7-11-14(15)13-9-5-4-6-10-13;1-11(2,3)13-10-7-5-4-6-9(10)8-12-13;2*1-2/h4-12H,1-3H3;4-8H,1-3H3;2*1-2H3. The quantitative estimate of drug-likeness (QED) is 0.286. The van der Waals surface area contributed by atoms with Gasteiger partial charge >= 0.3 is 0 Å². The average molecular weight is 445 g/mol. The molecule has 0 atom stereocenters. The number of benzene rings is 3. The van der Waals surface area contributed by atoms with Crippen LogP contribution >= 0.6 is 0 Å². The Morgan fingerprint density at radius 1 is 0.606 bits per heavy atom. The van der Waals surface area contributed by atoms with Crippen molar-refractivity contribution in [2.24, 2.45) is 0 Å². The summed E-state index contributed by atoms with van der Waals surface area (Å²) in [7, 11) is 0. The summed E-state index contributed by atoms with van der Waals surface area (Å²) in [6.45, 7) is 21.3. The second-order valence-corrected chi connectivity index (χ2v) is 9.45. The van der Waals surface area contributed by atoms with E-state index in [0.717, 1.165) is 0 Å². The van der Waals surface area contributed by atoms with Crippen LogP contribution < -0.4 is 0 Å². The van der Waals surface area contributed by atoms with Crippen LogP contribution in [0.15, 0.2) is 85.1 Å². The third-order valence-electron chi connectivity index (χ3n) is 4.93. The predicted molar refractivity (Wildman–Crippen MR) is 148 cm³/mol. The Balaban J connectivity index is 0.000000291. The largest absolute Gasteiger partial charge is 0.260 e. The van der Waals surface area contributed by atoms with Crippen LogP contribution in [0.1, 0.15) is 74.8 Å². The molecule has 178 valence electrons. The van der Waals surface area contributed by atoms with E-state index in [0.29, 0.717) is 0 Å². The van der Waals surface area contributed by atoms with Crippen LogP contribution in [0.5, 0.6) is 0 Å². The molecule has 33 heavy (non-hydrogen) atoms. The molecule has 0 N–H and O–H groups in total. The Kier molecular flexibility index (Phi) is 11.1. The van der Waals surface area contributed by atoms with Gasteiger partial charge in [-0.1, -0.05) is 121 Å². The van der Waals surface area contributed by atoms with Crippen molar-refractivity contribution in [2.75, 3.05) is 0 Å². The number of hydrogen-bond acceptors (Lipinski definition) is 1. The van der Waals surface area contributed by atoms with E-state index in [1.165, 1.54) is 27.6 Å². The highest BCUT2D eigenvalue weighted by Crippen LogP contribution is 2.32. The van der Waals surface area contributed by atoms with Gasteiger partial charge in [0.25, 0.3) is 0 Å². The van der Waals surface area contributed by atoms with Crippen LogP contribution in [0.4, 0.5) is 0 Å². The van der Waals surface area contributed by atoms with Crippen molar-refractivity contribution in [3.05, 3.63) is 90.6 Å². The van der Waals surface area contributed by atoms with E-state index in [2.05, 4.69) is 118 Å². The molecular weight excluding hydrogens is 400 g/mol. The van der Waals surface area contributed by atoms with Gasteiger partial charge in [-0.3, -0.25) is 4.68 Å². The maximum absolute atomic E-state index is 4.38. The van der Waals surface area contributed by atoms with E-state index in [-0.39, 0.29) is 11.0 Å². The molecule has 0 bridgehead atoms. The Bertz CT molecular complexity index is 1060. The van der Waals surface area contributed by atoms with Gasteiger partial charge in [0.15, 0.2) is 0 Å². The van der Waals surface area contributed by atoms with Gasteiger partial charge in [-0.05, 0) is 48.9 Å². The van der Waals surface area contributed by atoms with Gasteiger partial charge < -0.3 is 0 Å². The van der Waals surface area contributed by atoms with E-state index in [1.807, 2.05) is 46.0 Å². The van der Waals surface area contributed by atoms with Crippen LogP contribution in [0.2, 0.25) is 0 Å². The minimum Gasteiger partial charge on any atom is -0.260 e. The number of rotatable bonds is 1. The van der Waals surface area contributed by atoms with Crippen molar-refractivity contribution < 1.29 is 0 Å². The van der Waals surface area contributed by atoms with E-state index in [9.17, 15) is 0 Å². The van der Waals surface area contributed by atoms with Crippen LogP contribution in [0, 0.1) is 0 Å². The van der Waals surface area contributed by atoms with Gasteiger partial charge in [0.2, 0.25) is 0 Å². The van der Waals surface area contributed by atoms with E-state index in [4.69, 9.17) is 0 Å². The monoisotopic (exact) mass is 444 g/mol. The molecule has 0 saturated carbocycles. The maximum Gasteiger partial charge on any atom is 0.0688 e. The molecule has 0 saturated heterocycles. The maximum atomic E-state index is 4.38. The molecule has 2 nitrogen and oxygen atoms in total. The minimum absolute atomic E-state index is 0.0586. The van der Waals surface area contributed by atoms with Gasteiger partial charge in [0, 0.05) is 5.39 Å². The zero-order valence-corrected chi connectivity index (χ0v) is 22.5. The number of para-hydroxylation sites is 1. The Morgan fingerprint density at radius 2 is 1.12 bits per heavy atom. The second kappa shape index (κ2) is 13.0. The second-order valence-electron chi connectivity index (χ2n) is 9.45. The molecule has 2 heteroatoms. The van der Waals surface area contributed by atoms with Crippen molar-refractivity contribution >= 4 is 10.9 Å². The average Bonchev–Trinajstić information content (AvgIpc) is 3.27. The lowest BCUT2D eigenvalue weighted by Crippen LogP contribution is -2.22. The Morgan fingerprint density at radius 3 is 1.70 bits per heavy atom. The van der Waals surface area contributed by atoms with E-state index in [1.54, 1.807) is 0 Å². The molecule has 3 aromatic carbocycles. The molecule has 0 amide bonds. The fraction of sp³-hybridized carbons (Fsp3) is 0.387. The van der Waals surface area contributed by atoms with E-state index < -0.39 is 0 Å². The van der Waals surface area contributed by atoms with Gasteiger partial charge in [-0.15, -0.1) is 0 Å². The fourth-order valence-corrected chi connectivity index (χ4v) is 3.51. The van der Waals surface area contributed by atoms with Gasteiger partial charge in [-0.25, -0.2) is 0 Å². The SMILES string of the molecule is CC.CC.CC(C)(C)c1ccccc1-c1ccccc1.CC(C)(C)n1ncc2ccccc21. The summed E-state index contributed by atoms with van der Waals surface area (Å²) in [6, 6.07) is 27.5. The zero-order chi connectivity index (χ0) is 25.1. The fourth-order valence-electron chi connectivity index (χ4n) is 3.51. The van der Waals surface area contributed by atoms with Crippen molar-refractivity contribution in [3.63, 3.8) is 0 Å². The highest BCUT2D eigenvalue weighted by molar-refractivity contribution is 5.78. The first kappa shape index (κ1) is 28.2. The molecule has 0 aliphatic carbocycles. The molecule has 1 aromatic heterocycles. The van der Waals surface area contributed by atoms with Gasteiger partial charge in [0.05, 0.1) is 17.3 Å². The first-order chi connectivity index (χ1) is 15.7. The molecule has 0 unspecified atom stereocenters. The summed E-state index contributed by atoms with van der Waals surface area (Å²) in [5.74, 6) is 0. The van der Waals surface area contributed by atoms with Crippen LogP contribution in [-0.2, 0) is 11.0 Å². The minimum atomic E-state index is 0.0586. The molecule has 4 rings (SSSR count). The van der Waals surface area contributed by atoms with Gasteiger partial charge in [0.1, 0.15) is 0 Å². The third-order valence-corrected chi connectivity index (χ3v) is 4.93. The lowest BCUT2D eigenvalue weighted by molar-refractivity contribution is 0.368.